The number of hydrogen-bond donors (Lipinski definition) is 3. The van der Waals surface area contributed by atoms with Gasteiger partial charge in [-0.15, -0.1) is 0 Å². The van der Waals surface area contributed by atoms with E-state index < -0.39 is 23.1 Å². The van der Waals surface area contributed by atoms with E-state index in [1.807, 2.05) is 13.8 Å². The van der Waals surface area contributed by atoms with Gasteiger partial charge in [-0.05, 0) is 59.8 Å². The maximum Gasteiger partial charge on any atom is 0.303 e. The molecule has 4 unspecified atom stereocenters. The molecule has 2 bridgehead atoms. The first-order valence-corrected chi connectivity index (χ1v) is 9.88. The fourth-order valence-corrected chi connectivity index (χ4v) is 4.88. The second-order valence-corrected chi connectivity index (χ2v) is 9.48. The normalized spacial score (nSPS) is 40.3. The van der Waals surface area contributed by atoms with E-state index in [1.54, 1.807) is 0 Å². The maximum atomic E-state index is 11.1. The van der Waals surface area contributed by atoms with Crippen molar-refractivity contribution in [2.24, 2.45) is 0 Å². The van der Waals surface area contributed by atoms with Crippen molar-refractivity contribution >= 4 is 11.9 Å². The summed E-state index contributed by atoms with van der Waals surface area (Å²) in [4.78, 5) is 22.2. The monoisotopic (exact) mass is 385 g/mol. The van der Waals surface area contributed by atoms with Gasteiger partial charge in [-0.2, -0.15) is 0 Å². The topological polar surface area (TPSA) is 105 Å². The zero-order valence-corrected chi connectivity index (χ0v) is 17.1. The Morgan fingerprint density at radius 3 is 1.52 bits per heavy atom. The van der Waals surface area contributed by atoms with Crippen LogP contribution in [0.25, 0.3) is 0 Å². The summed E-state index contributed by atoms with van der Waals surface area (Å²) in [7, 11) is 0. The van der Waals surface area contributed by atoms with Crippen molar-refractivity contribution in [1.29, 1.82) is 0 Å². The van der Waals surface area contributed by atoms with Crippen LogP contribution >= 0.6 is 0 Å². The van der Waals surface area contributed by atoms with Crippen LogP contribution in [0.2, 0.25) is 0 Å². The molecule has 3 aliphatic rings. The molecule has 4 atom stereocenters. The largest absolute Gasteiger partial charge is 0.481 e. The van der Waals surface area contributed by atoms with Gasteiger partial charge in [-0.1, -0.05) is 0 Å². The Balaban J connectivity index is 2.17. The minimum atomic E-state index is -0.859. The molecule has 3 rings (SSSR count). The van der Waals surface area contributed by atoms with Gasteiger partial charge in [0.15, 0.2) is 0 Å². The molecule has 27 heavy (non-hydrogen) atoms. The second kappa shape index (κ2) is 8.05. The highest BCUT2D eigenvalue weighted by atomic mass is 16.5. The first kappa shape index (κ1) is 22.1. The van der Waals surface area contributed by atoms with Crippen LogP contribution in [0.15, 0.2) is 0 Å². The quantitative estimate of drug-likeness (QED) is 0.645. The van der Waals surface area contributed by atoms with Crippen molar-refractivity contribution in [3.63, 3.8) is 0 Å². The third-order valence-corrected chi connectivity index (χ3v) is 6.08. The summed E-state index contributed by atoms with van der Waals surface area (Å²) in [6.45, 7) is 9.29. The third kappa shape index (κ3) is 6.43. The Morgan fingerprint density at radius 2 is 1.19 bits per heavy atom. The number of aliphatic carboxylic acids is 2. The van der Waals surface area contributed by atoms with Crippen LogP contribution in [-0.4, -0.2) is 57.6 Å². The number of carboxylic acids is 2. The molecular weight excluding hydrogens is 350 g/mol. The average Bonchev–Trinajstić information content (AvgIpc) is 2.49. The summed E-state index contributed by atoms with van der Waals surface area (Å²) >= 11 is 0. The molecule has 156 valence electrons. The SMILES string of the molecule is CC12CCOC(C)(CCC(=O)O)CC(C)(CCC(=O)O)OCCC(C)(C1)N2. The number of carboxylic acid groups (broad SMARTS) is 2. The summed E-state index contributed by atoms with van der Waals surface area (Å²) in [6.07, 6.45) is 3.99. The van der Waals surface area contributed by atoms with E-state index in [1.165, 1.54) is 0 Å². The Hall–Kier alpha value is -1.18. The molecule has 0 aromatic carbocycles. The number of fused-ring (bicyclic) bond motifs is 8. The van der Waals surface area contributed by atoms with Crippen LogP contribution in [0.4, 0.5) is 0 Å². The highest BCUT2D eigenvalue weighted by Crippen LogP contribution is 2.41. The molecule has 7 heteroatoms. The Labute approximate surface area is 161 Å². The number of rotatable bonds is 6. The van der Waals surface area contributed by atoms with Crippen LogP contribution in [-0.2, 0) is 19.1 Å². The summed E-state index contributed by atoms with van der Waals surface area (Å²) in [5.41, 5.74) is -1.27. The van der Waals surface area contributed by atoms with Crippen molar-refractivity contribution in [3.8, 4) is 0 Å². The van der Waals surface area contributed by atoms with Crippen molar-refractivity contribution in [2.75, 3.05) is 13.2 Å². The lowest BCUT2D eigenvalue weighted by Gasteiger charge is -2.56. The molecule has 0 amide bonds. The third-order valence-electron chi connectivity index (χ3n) is 6.08. The van der Waals surface area contributed by atoms with Gasteiger partial charge >= 0.3 is 11.9 Å². The Bertz CT molecular complexity index is 513. The van der Waals surface area contributed by atoms with Gasteiger partial charge in [0.2, 0.25) is 0 Å². The molecule has 0 radical (unpaired) electrons. The van der Waals surface area contributed by atoms with E-state index in [-0.39, 0.29) is 23.9 Å². The van der Waals surface area contributed by atoms with E-state index in [0.717, 1.165) is 19.3 Å². The smallest absolute Gasteiger partial charge is 0.303 e. The summed E-state index contributed by atoms with van der Waals surface area (Å²) < 4.78 is 12.4. The van der Waals surface area contributed by atoms with Gasteiger partial charge in [-0.25, -0.2) is 0 Å². The van der Waals surface area contributed by atoms with Crippen LogP contribution in [0.5, 0.6) is 0 Å². The fraction of sp³-hybridized carbons (Fsp3) is 0.900. The lowest BCUT2D eigenvalue weighted by molar-refractivity contribution is -0.153. The summed E-state index contributed by atoms with van der Waals surface area (Å²) in [6, 6.07) is 0. The molecule has 0 saturated carbocycles. The standard InChI is InChI=1S/C20H35NO6/c1-17-9-11-26-19(3,7-5-15(22)23)14-20(4,8-6-16(24)25)27-12-10-18(2,13-17)21-17/h21H,5-14H2,1-4H3,(H,22,23)(H,24,25). The minimum Gasteiger partial charge on any atom is -0.481 e. The number of ether oxygens (including phenoxy) is 2. The highest BCUT2D eigenvalue weighted by Gasteiger charge is 2.48. The lowest BCUT2D eigenvalue weighted by atomic mass is 9.70. The molecule has 0 aromatic heterocycles. The first-order valence-electron chi connectivity index (χ1n) is 9.88. The molecule has 3 aliphatic heterocycles. The van der Waals surface area contributed by atoms with Crippen LogP contribution in [0, 0.1) is 0 Å². The van der Waals surface area contributed by atoms with Crippen molar-refractivity contribution in [1.82, 2.24) is 5.32 Å². The molecule has 3 saturated heterocycles. The van der Waals surface area contributed by atoms with Crippen molar-refractivity contribution < 1.29 is 29.3 Å². The molecule has 0 spiro atoms. The van der Waals surface area contributed by atoms with Crippen LogP contribution in [0.3, 0.4) is 0 Å². The Morgan fingerprint density at radius 1 is 0.815 bits per heavy atom. The van der Waals surface area contributed by atoms with E-state index in [0.29, 0.717) is 32.5 Å². The van der Waals surface area contributed by atoms with Gasteiger partial charge in [0.05, 0.1) is 11.2 Å². The van der Waals surface area contributed by atoms with E-state index in [9.17, 15) is 9.59 Å². The lowest BCUT2D eigenvalue weighted by Crippen LogP contribution is -2.70. The molecular formula is C20H35NO6. The fourth-order valence-electron chi connectivity index (χ4n) is 4.88. The molecule has 3 fully saturated rings. The molecule has 3 N–H and O–H groups in total. The van der Waals surface area contributed by atoms with E-state index >= 15 is 0 Å². The zero-order valence-electron chi connectivity index (χ0n) is 17.1. The van der Waals surface area contributed by atoms with Crippen LogP contribution in [0.1, 0.15) is 79.1 Å². The predicted molar refractivity (Wildman–Crippen MR) is 101 cm³/mol. The van der Waals surface area contributed by atoms with Gasteiger partial charge in [0.1, 0.15) is 0 Å². The second-order valence-electron chi connectivity index (χ2n) is 9.48. The van der Waals surface area contributed by atoms with Gasteiger partial charge in [0.25, 0.3) is 0 Å². The molecule has 0 aromatic rings. The molecule has 7 nitrogen and oxygen atoms in total. The van der Waals surface area contributed by atoms with Gasteiger partial charge in [0, 0.05) is 43.6 Å². The summed E-state index contributed by atoms with van der Waals surface area (Å²) in [5, 5.41) is 21.9. The van der Waals surface area contributed by atoms with Crippen LogP contribution < -0.4 is 5.32 Å². The summed E-state index contributed by atoms with van der Waals surface area (Å²) in [5.74, 6) is -1.72. The molecule has 0 aliphatic carbocycles. The van der Waals surface area contributed by atoms with Gasteiger partial charge < -0.3 is 25.0 Å². The number of carbonyl (C=O) groups is 2. The van der Waals surface area contributed by atoms with E-state index in [4.69, 9.17) is 19.7 Å². The zero-order chi connectivity index (χ0) is 20.3. The maximum absolute atomic E-state index is 11.1. The number of hydrogen-bond acceptors (Lipinski definition) is 5. The predicted octanol–water partition coefficient (Wildman–Crippen LogP) is 2.96. The highest BCUT2D eigenvalue weighted by molar-refractivity contribution is 5.67. The van der Waals surface area contributed by atoms with Gasteiger partial charge in [-0.3, -0.25) is 9.59 Å². The minimum absolute atomic E-state index is 0.0130. The Kier molecular flexibility index (Phi) is 6.59. The van der Waals surface area contributed by atoms with Crippen molar-refractivity contribution in [3.05, 3.63) is 0 Å². The molecule has 3 heterocycles. The van der Waals surface area contributed by atoms with Crippen molar-refractivity contribution in [2.45, 2.75) is 101 Å². The first-order chi connectivity index (χ1) is 12.4. The average molecular weight is 386 g/mol. The number of nitrogens with one attached hydrogen (secondary N) is 1. The van der Waals surface area contributed by atoms with E-state index in [2.05, 4.69) is 19.2 Å².